The van der Waals surface area contributed by atoms with E-state index in [4.69, 9.17) is 10.4 Å². The van der Waals surface area contributed by atoms with E-state index in [1.54, 1.807) is 5.57 Å². The molecule has 0 amide bonds. The average molecular weight is 334 g/mol. The molecule has 3 rings (SSSR count). The van der Waals surface area contributed by atoms with Crippen molar-refractivity contribution >= 4 is 0 Å². The van der Waals surface area contributed by atoms with Gasteiger partial charge in [-0.1, -0.05) is 42.0 Å². The molecule has 1 aliphatic rings. The van der Waals surface area contributed by atoms with Crippen LogP contribution in [0.25, 0.3) is 11.3 Å². The molecular weight excluding hydrogens is 308 g/mol. The van der Waals surface area contributed by atoms with E-state index in [9.17, 15) is 0 Å². The lowest BCUT2D eigenvalue weighted by Crippen LogP contribution is -2.16. The average Bonchev–Trinajstić information content (AvgIpc) is 3.08. The summed E-state index contributed by atoms with van der Waals surface area (Å²) in [5.74, 6) is 0. The Morgan fingerprint density at radius 3 is 2.84 bits per heavy atom. The number of rotatable bonds is 8. The van der Waals surface area contributed by atoms with E-state index in [1.807, 2.05) is 22.9 Å². The Labute approximate surface area is 150 Å². The lowest BCUT2D eigenvalue weighted by Gasteiger charge is -2.12. The molecule has 0 unspecified atom stereocenters. The Morgan fingerprint density at radius 1 is 1.20 bits per heavy atom. The highest BCUT2D eigenvalue weighted by Crippen LogP contribution is 2.22. The maximum absolute atomic E-state index is 8.81. The fourth-order valence-electron chi connectivity index (χ4n) is 3.31. The summed E-state index contributed by atoms with van der Waals surface area (Å²) >= 11 is 0. The zero-order valence-corrected chi connectivity index (χ0v) is 14.7. The number of hydrogen-bond donors (Lipinski definition) is 1. The van der Waals surface area contributed by atoms with Gasteiger partial charge < -0.3 is 5.32 Å². The van der Waals surface area contributed by atoms with Crippen LogP contribution in [0.2, 0.25) is 0 Å². The van der Waals surface area contributed by atoms with Crippen LogP contribution in [0.4, 0.5) is 0 Å². The smallest absolute Gasteiger partial charge is 0.0968 e. The summed E-state index contributed by atoms with van der Waals surface area (Å²) in [5.41, 5.74) is 4.95. The quantitative estimate of drug-likeness (QED) is 0.573. The Bertz CT molecular complexity index is 737. The maximum atomic E-state index is 8.81. The van der Waals surface area contributed by atoms with Crippen LogP contribution >= 0.6 is 0 Å². The predicted molar refractivity (Wildman–Crippen MR) is 101 cm³/mol. The second kappa shape index (κ2) is 9.19. The van der Waals surface area contributed by atoms with Crippen LogP contribution in [0.5, 0.6) is 0 Å². The van der Waals surface area contributed by atoms with Gasteiger partial charge in [0.2, 0.25) is 0 Å². The molecule has 0 spiro atoms. The van der Waals surface area contributed by atoms with Crippen LogP contribution in [0.1, 0.15) is 44.1 Å². The van der Waals surface area contributed by atoms with Crippen LogP contribution in [-0.4, -0.2) is 16.3 Å². The van der Waals surface area contributed by atoms with Gasteiger partial charge in [-0.15, -0.1) is 0 Å². The number of allylic oxidation sites excluding steroid dienone is 1. The van der Waals surface area contributed by atoms with Crippen LogP contribution in [0, 0.1) is 11.3 Å². The van der Waals surface area contributed by atoms with Crippen molar-refractivity contribution in [2.24, 2.45) is 0 Å². The molecule has 0 fully saturated rings. The van der Waals surface area contributed by atoms with E-state index in [2.05, 4.69) is 35.8 Å². The van der Waals surface area contributed by atoms with Gasteiger partial charge in [0.1, 0.15) is 0 Å². The molecule has 0 aliphatic heterocycles. The van der Waals surface area contributed by atoms with Crippen molar-refractivity contribution in [1.82, 2.24) is 15.1 Å². The second-order valence-corrected chi connectivity index (χ2v) is 6.58. The lowest BCUT2D eigenvalue weighted by atomic mass is 9.97. The number of nitriles is 1. The van der Waals surface area contributed by atoms with Crippen LogP contribution in [-0.2, 0) is 13.1 Å². The van der Waals surface area contributed by atoms with Crippen molar-refractivity contribution in [2.75, 3.05) is 6.54 Å². The minimum absolute atomic E-state index is 0.483. The molecule has 0 saturated carbocycles. The molecule has 1 aliphatic carbocycles. The highest BCUT2D eigenvalue weighted by Gasteiger charge is 2.11. The fourth-order valence-corrected chi connectivity index (χ4v) is 3.31. The Kier molecular flexibility index (Phi) is 6.42. The molecule has 0 bridgehead atoms. The summed E-state index contributed by atoms with van der Waals surface area (Å²) in [4.78, 5) is 0. The molecule has 0 atom stereocenters. The van der Waals surface area contributed by atoms with Crippen molar-refractivity contribution in [1.29, 1.82) is 5.26 Å². The molecule has 130 valence electrons. The number of nitrogens with zero attached hydrogens (tertiary/aromatic N) is 3. The van der Waals surface area contributed by atoms with E-state index in [0.717, 1.165) is 30.8 Å². The molecule has 1 aromatic heterocycles. The van der Waals surface area contributed by atoms with Gasteiger partial charge in [0, 0.05) is 23.9 Å². The third kappa shape index (κ3) is 5.04. The monoisotopic (exact) mass is 334 g/mol. The van der Waals surface area contributed by atoms with E-state index >= 15 is 0 Å². The van der Waals surface area contributed by atoms with Crippen molar-refractivity contribution in [2.45, 2.75) is 51.6 Å². The third-order valence-corrected chi connectivity index (χ3v) is 4.66. The molecule has 25 heavy (non-hydrogen) atoms. The van der Waals surface area contributed by atoms with Gasteiger partial charge in [-0.2, -0.15) is 10.4 Å². The molecular formula is C21H26N4. The lowest BCUT2D eigenvalue weighted by molar-refractivity contribution is 0.622. The number of aryl methyl sites for hydroxylation is 1. The normalized spacial score (nSPS) is 14.1. The van der Waals surface area contributed by atoms with Crippen molar-refractivity contribution in [3.05, 3.63) is 53.7 Å². The van der Waals surface area contributed by atoms with Crippen LogP contribution in [0.15, 0.2) is 48.2 Å². The summed E-state index contributed by atoms with van der Waals surface area (Å²) in [5, 5.41) is 17.1. The predicted octanol–water partition coefficient (Wildman–Crippen LogP) is 4.44. The topological polar surface area (TPSA) is 53.6 Å². The minimum Gasteiger partial charge on any atom is -0.312 e. The first-order valence-electron chi connectivity index (χ1n) is 9.24. The molecule has 0 saturated heterocycles. The van der Waals surface area contributed by atoms with Crippen LogP contribution < -0.4 is 5.32 Å². The SMILES string of the molecule is N#CCCn1cc(CNCCC2=CCCCC2)c(-c2ccccc2)n1. The van der Waals surface area contributed by atoms with Gasteiger partial charge in [-0.3, -0.25) is 4.68 Å². The zero-order valence-electron chi connectivity index (χ0n) is 14.7. The second-order valence-electron chi connectivity index (χ2n) is 6.58. The van der Waals surface area contributed by atoms with Crippen molar-refractivity contribution in [3.63, 3.8) is 0 Å². The largest absolute Gasteiger partial charge is 0.312 e. The van der Waals surface area contributed by atoms with Crippen molar-refractivity contribution in [3.8, 4) is 17.3 Å². The van der Waals surface area contributed by atoms with Crippen LogP contribution in [0.3, 0.4) is 0 Å². The van der Waals surface area contributed by atoms with Gasteiger partial charge in [0.15, 0.2) is 0 Å². The molecule has 2 aromatic rings. The van der Waals surface area contributed by atoms with E-state index in [0.29, 0.717) is 13.0 Å². The summed E-state index contributed by atoms with van der Waals surface area (Å²) in [6.45, 7) is 2.46. The van der Waals surface area contributed by atoms with Gasteiger partial charge >= 0.3 is 0 Å². The first kappa shape index (κ1) is 17.4. The highest BCUT2D eigenvalue weighted by atomic mass is 15.3. The van der Waals surface area contributed by atoms with E-state index in [1.165, 1.54) is 31.2 Å². The summed E-state index contributed by atoms with van der Waals surface area (Å²) < 4.78 is 1.90. The molecule has 4 heteroatoms. The van der Waals surface area contributed by atoms with Gasteiger partial charge in [0.05, 0.1) is 24.7 Å². The first-order valence-corrected chi connectivity index (χ1v) is 9.24. The molecule has 1 N–H and O–H groups in total. The summed E-state index contributed by atoms with van der Waals surface area (Å²) in [6.07, 6.45) is 11.3. The summed E-state index contributed by atoms with van der Waals surface area (Å²) in [7, 11) is 0. The Hall–Kier alpha value is -2.38. The first-order chi connectivity index (χ1) is 12.4. The van der Waals surface area contributed by atoms with Gasteiger partial charge in [-0.05, 0) is 38.6 Å². The molecule has 4 nitrogen and oxygen atoms in total. The Morgan fingerprint density at radius 2 is 2.08 bits per heavy atom. The minimum atomic E-state index is 0.483. The van der Waals surface area contributed by atoms with Gasteiger partial charge in [-0.25, -0.2) is 0 Å². The molecule has 0 radical (unpaired) electrons. The maximum Gasteiger partial charge on any atom is 0.0968 e. The summed E-state index contributed by atoms with van der Waals surface area (Å²) in [6, 6.07) is 12.5. The molecule has 1 heterocycles. The number of aromatic nitrogens is 2. The number of hydrogen-bond acceptors (Lipinski definition) is 3. The third-order valence-electron chi connectivity index (χ3n) is 4.66. The van der Waals surface area contributed by atoms with E-state index < -0.39 is 0 Å². The fraction of sp³-hybridized carbons (Fsp3) is 0.429. The highest BCUT2D eigenvalue weighted by molar-refractivity contribution is 5.62. The Balaban J connectivity index is 1.63. The van der Waals surface area contributed by atoms with Gasteiger partial charge in [0.25, 0.3) is 0 Å². The van der Waals surface area contributed by atoms with Crippen molar-refractivity contribution < 1.29 is 0 Å². The standard InChI is InChI=1S/C21H26N4/c22-13-7-15-25-17-20(21(24-25)19-10-5-2-6-11-19)16-23-14-12-18-8-3-1-4-9-18/h2,5-6,8,10-11,17,23H,1,3-4,7,9,12,14-16H2. The van der Waals surface area contributed by atoms with E-state index in [-0.39, 0.29) is 0 Å². The molecule has 1 aromatic carbocycles. The zero-order chi connectivity index (χ0) is 17.3. The number of benzene rings is 1. The number of nitrogens with one attached hydrogen (secondary N) is 1.